The summed E-state index contributed by atoms with van der Waals surface area (Å²) in [5.41, 5.74) is 0. The van der Waals surface area contributed by atoms with E-state index in [4.69, 9.17) is 0 Å². The van der Waals surface area contributed by atoms with E-state index in [-0.39, 0.29) is 35.9 Å². The molecular weight excluding hydrogens is 215 g/mol. The van der Waals surface area contributed by atoms with E-state index >= 15 is 0 Å². The van der Waals surface area contributed by atoms with Gasteiger partial charge in [0.2, 0.25) is 0 Å². The quantitative estimate of drug-likeness (QED) is 0.436. The van der Waals surface area contributed by atoms with Gasteiger partial charge in [-0.1, -0.05) is 0 Å². The Morgan fingerprint density at radius 3 is 0.857 bits per heavy atom. The molecule has 0 unspecified atom stereocenters. The second kappa shape index (κ2) is 12.6. The molecule has 2 heteroatoms. The predicted octanol–water partition coefficient (Wildman–Crippen LogP) is -0.0249. The standard InChI is InChI=1S/2C6H5.Cu.Li/c2*1-2-4-6-5-3-1;;/h2*1-5H;;/q2*-1;+2;+1. The Morgan fingerprint density at radius 2 is 0.786 bits per heavy atom. The summed E-state index contributed by atoms with van der Waals surface area (Å²) in [5.74, 6) is 0. The average Bonchev–Trinajstić information content (AvgIpc) is 2.24. The van der Waals surface area contributed by atoms with Crippen molar-refractivity contribution in [3.05, 3.63) is 72.8 Å². The molecule has 0 amide bonds. The minimum absolute atomic E-state index is 0. The number of rotatable bonds is 0. The van der Waals surface area contributed by atoms with Crippen molar-refractivity contribution < 1.29 is 35.9 Å². The van der Waals surface area contributed by atoms with Gasteiger partial charge in [0.05, 0.1) is 0 Å². The van der Waals surface area contributed by atoms with Gasteiger partial charge in [0, 0.05) is 0 Å². The van der Waals surface area contributed by atoms with Crippen LogP contribution in [0.1, 0.15) is 0 Å². The summed E-state index contributed by atoms with van der Waals surface area (Å²) in [7, 11) is 0. The van der Waals surface area contributed by atoms with Gasteiger partial charge >= 0.3 is 35.9 Å². The fourth-order valence-electron chi connectivity index (χ4n) is 0.684. The summed E-state index contributed by atoms with van der Waals surface area (Å²) < 4.78 is 0. The SMILES string of the molecule is [Cu+2].[Li+].[c-]1ccccc1.[c-]1ccccc1. The van der Waals surface area contributed by atoms with Gasteiger partial charge in [-0.25, -0.2) is 0 Å². The molecule has 0 aliphatic heterocycles. The molecule has 0 bridgehead atoms. The van der Waals surface area contributed by atoms with Crippen LogP contribution in [0.4, 0.5) is 0 Å². The normalized spacial score (nSPS) is 6.86. The summed E-state index contributed by atoms with van der Waals surface area (Å²) in [6.07, 6.45) is 0. The molecule has 1 radical (unpaired) electrons. The van der Waals surface area contributed by atoms with Gasteiger partial charge in [-0.15, -0.1) is 0 Å². The molecule has 0 aliphatic carbocycles. The summed E-state index contributed by atoms with van der Waals surface area (Å²) >= 11 is 0. The van der Waals surface area contributed by atoms with E-state index in [1.54, 1.807) is 0 Å². The van der Waals surface area contributed by atoms with E-state index in [1.165, 1.54) is 0 Å². The first-order valence-corrected chi connectivity index (χ1v) is 3.82. The Labute approximate surface area is 108 Å². The van der Waals surface area contributed by atoms with Crippen LogP contribution in [0.5, 0.6) is 0 Å². The summed E-state index contributed by atoms with van der Waals surface area (Å²) in [6, 6.07) is 25.0. The van der Waals surface area contributed by atoms with Gasteiger partial charge < -0.3 is 0 Å². The summed E-state index contributed by atoms with van der Waals surface area (Å²) in [4.78, 5) is 0. The Morgan fingerprint density at radius 1 is 0.500 bits per heavy atom. The molecule has 2 rings (SSSR count). The van der Waals surface area contributed by atoms with Crippen molar-refractivity contribution >= 4 is 0 Å². The van der Waals surface area contributed by atoms with Crippen LogP contribution in [-0.2, 0) is 17.1 Å². The maximum absolute atomic E-state index is 2.89. The number of benzene rings is 2. The minimum Gasteiger partial charge on any atom is -0.184 e. The molecule has 0 saturated heterocycles. The van der Waals surface area contributed by atoms with Crippen LogP contribution in [0.15, 0.2) is 60.7 Å². The van der Waals surface area contributed by atoms with E-state index in [0.29, 0.717) is 0 Å². The van der Waals surface area contributed by atoms with Crippen LogP contribution in [0.25, 0.3) is 0 Å². The zero-order chi connectivity index (χ0) is 8.49. The molecule has 0 fully saturated rings. The molecule has 0 aliphatic rings. The second-order valence-corrected chi connectivity index (χ2v) is 2.15. The second-order valence-electron chi connectivity index (χ2n) is 2.15. The van der Waals surface area contributed by atoms with Crippen molar-refractivity contribution in [1.29, 1.82) is 0 Å². The molecule has 0 aromatic heterocycles. The Hall–Kier alpha value is -0.443. The van der Waals surface area contributed by atoms with E-state index in [9.17, 15) is 0 Å². The molecule has 2 aromatic rings. The number of hydrogen-bond donors (Lipinski definition) is 0. The van der Waals surface area contributed by atoms with Crippen LogP contribution >= 0.6 is 0 Å². The van der Waals surface area contributed by atoms with Gasteiger partial charge in [0.1, 0.15) is 0 Å². The van der Waals surface area contributed by atoms with Crippen LogP contribution in [0, 0.1) is 12.1 Å². The van der Waals surface area contributed by atoms with E-state index < -0.39 is 0 Å². The summed E-state index contributed by atoms with van der Waals surface area (Å²) in [5, 5.41) is 0. The third-order valence-electron chi connectivity index (χ3n) is 1.21. The van der Waals surface area contributed by atoms with Gasteiger partial charge in [-0.2, -0.15) is 72.8 Å². The zero-order valence-corrected chi connectivity index (χ0v) is 9.02. The predicted molar refractivity (Wildman–Crippen MR) is 50.6 cm³/mol. The Bertz CT molecular complexity index is 186. The molecule has 14 heavy (non-hydrogen) atoms. The van der Waals surface area contributed by atoms with E-state index in [1.807, 2.05) is 60.7 Å². The van der Waals surface area contributed by atoms with Crippen molar-refractivity contribution in [2.45, 2.75) is 0 Å². The van der Waals surface area contributed by atoms with E-state index in [0.717, 1.165) is 0 Å². The molecule has 2 aromatic carbocycles. The maximum Gasteiger partial charge on any atom is 2.00 e. The van der Waals surface area contributed by atoms with Gasteiger partial charge in [-0.05, 0) is 0 Å². The Kier molecular flexibility index (Phi) is 14.4. The van der Waals surface area contributed by atoms with Gasteiger partial charge in [-0.3, -0.25) is 0 Å². The average molecular weight is 225 g/mol. The number of hydrogen-bond acceptors (Lipinski definition) is 0. The first kappa shape index (κ1) is 16.0. The van der Waals surface area contributed by atoms with Crippen molar-refractivity contribution in [3.63, 3.8) is 0 Å². The fraction of sp³-hybridized carbons (Fsp3) is 0. The van der Waals surface area contributed by atoms with Crippen molar-refractivity contribution in [2.75, 3.05) is 0 Å². The molecule has 69 valence electrons. The van der Waals surface area contributed by atoms with Crippen LogP contribution in [-0.4, -0.2) is 0 Å². The first-order chi connectivity index (χ1) is 6.00. The van der Waals surface area contributed by atoms with Gasteiger partial charge in [0.15, 0.2) is 0 Å². The molecule has 0 saturated carbocycles. The van der Waals surface area contributed by atoms with Crippen LogP contribution in [0.2, 0.25) is 0 Å². The largest absolute Gasteiger partial charge is 2.00 e. The third kappa shape index (κ3) is 9.64. The van der Waals surface area contributed by atoms with E-state index in [2.05, 4.69) is 12.1 Å². The smallest absolute Gasteiger partial charge is 0.184 e. The third-order valence-corrected chi connectivity index (χ3v) is 1.21. The van der Waals surface area contributed by atoms with Crippen molar-refractivity contribution in [2.24, 2.45) is 0 Å². The molecule has 0 N–H and O–H groups in total. The zero-order valence-electron chi connectivity index (χ0n) is 8.08. The topological polar surface area (TPSA) is 0 Å². The minimum atomic E-state index is 0. The Balaban J connectivity index is 0. The molecule has 0 nitrogen and oxygen atoms in total. The monoisotopic (exact) mass is 224 g/mol. The summed E-state index contributed by atoms with van der Waals surface area (Å²) in [6.45, 7) is 0. The maximum atomic E-state index is 2.89. The molecular formula is C12H10CuLi+. The first-order valence-electron chi connectivity index (χ1n) is 3.82. The molecule has 0 spiro atoms. The molecule has 0 atom stereocenters. The van der Waals surface area contributed by atoms with Crippen molar-refractivity contribution in [1.82, 2.24) is 0 Å². The van der Waals surface area contributed by atoms with Crippen molar-refractivity contribution in [3.8, 4) is 0 Å². The molecule has 0 heterocycles. The fourth-order valence-corrected chi connectivity index (χ4v) is 0.684. The van der Waals surface area contributed by atoms with Crippen LogP contribution < -0.4 is 18.9 Å². The van der Waals surface area contributed by atoms with Crippen LogP contribution in [0.3, 0.4) is 0 Å². The van der Waals surface area contributed by atoms with Gasteiger partial charge in [0.25, 0.3) is 0 Å².